The van der Waals surface area contributed by atoms with Crippen LogP contribution in [0.15, 0.2) is 24.3 Å². The topological polar surface area (TPSA) is 64.3 Å². The van der Waals surface area contributed by atoms with Crippen molar-refractivity contribution in [3.63, 3.8) is 0 Å². The fourth-order valence-electron chi connectivity index (χ4n) is 1.52. The molecule has 0 saturated heterocycles. The summed E-state index contributed by atoms with van der Waals surface area (Å²) in [5.41, 5.74) is 7.13. The fourth-order valence-corrected chi connectivity index (χ4v) is 1.52. The summed E-state index contributed by atoms with van der Waals surface area (Å²) < 4.78 is 5.12. The molecule has 4 heteroatoms. The van der Waals surface area contributed by atoms with Gasteiger partial charge >= 0.3 is 6.09 Å². The van der Waals surface area contributed by atoms with Gasteiger partial charge in [-0.05, 0) is 32.4 Å². The molecule has 0 aromatic heterocycles. The van der Waals surface area contributed by atoms with Gasteiger partial charge in [0.15, 0.2) is 0 Å². The van der Waals surface area contributed by atoms with Crippen LogP contribution in [0.5, 0.6) is 0 Å². The van der Waals surface area contributed by atoms with Crippen molar-refractivity contribution in [2.75, 3.05) is 6.54 Å². The number of carbonyl (C=O) groups excluding carboxylic acids is 1. The zero-order chi connectivity index (χ0) is 15.0. The van der Waals surface area contributed by atoms with E-state index in [0.29, 0.717) is 19.5 Å². The van der Waals surface area contributed by atoms with E-state index in [1.54, 1.807) is 0 Å². The van der Waals surface area contributed by atoms with Crippen LogP contribution in [-0.2, 0) is 11.3 Å². The standard InChI is InChI=1S/C16H22N2O2/c1-16(2,3)20-15(19)18-11-7-6-9-13-8-4-5-10-14(13)12-17/h4-5,8,10H,7,11-12,17H2,1-3H3,(H,18,19). The summed E-state index contributed by atoms with van der Waals surface area (Å²) in [6, 6.07) is 7.78. The SMILES string of the molecule is CC(C)(C)OC(=O)NCCC#Cc1ccccc1CN. The van der Waals surface area contributed by atoms with E-state index in [9.17, 15) is 4.79 Å². The van der Waals surface area contributed by atoms with Crippen molar-refractivity contribution in [3.05, 3.63) is 35.4 Å². The molecule has 0 aliphatic carbocycles. The highest BCUT2D eigenvalue weighted by Crippen LogP contribution is 2.07. The van der Waals surface area contributed by atoms with Crippen molar-refractivity contribution >= 4 is 6.09 Å². The lowest BCUT2D eigenvalue weighted by atomic mass is 10.1. The second-order valence-corrected chi connectivity index (χ2v) is 5.34. The van der Waals surface area contributed by atoms with Crippen molar-refractivity contribution in [3.8, 4) is 11.8 Å². The Labute approximate surface area is 120 Å². The van der Waals surface area contributed by atoms with Crippen LogP contribution in [0.1, 0.15) is 38.3 Å². The highest BCUT2D eigenvalue weighted by Gasteiger charge is 2.15. The number of rotatable bonds is 3. The first-order valence-corrected chi connectivity index (χ1v) is 6.66. The molecule has 1 aromatic carbocycles. The zero-order valence-electron chi connectivity index (χ0n) is 12.3. The molecule has 0 bridgehead atoms. The van der Waals surface area contributed by atoms with Gasteiger partial charge in [0.25, 0.3) is 0 Å². The maximum absolute atomic E-state index is 11.4. The number of benzene rings is 1. The average molecular weight is 274 g/mol. The molecule has 0 spiro atoms. The number of alkyl carbamates (subject to hydrolysis) is 1. The van der Waals surface area contributed by atoms with Crippen LogP contribution >= 0.6 is 0 Å². The minimum Gasteiger partial charge on any atom is -0.444 e. The number of carbonyl (C=O) groups is 1. The van der Waals surface area contributed by atoms with Crippen molar-refractivity contribution in [1.29, 1.82) is 0 Å². The molecule has 0 atom stereocenters. The van der Waals surface area contributed by atoms with Crippen LogP contribution in [0.4, 0.5) is 4.79 Å². The third-order valence-corrected chi connectivity index (χ3v) is 2.38. The molecule has 0 fully saturated rings. The molecule has 0 heterocycles. The maximum Gasteiger partial charge on any atom is 0.407 e. The summed E-state index contributed by atoms with van der Waals surface area (Å²) in [5.74, 6) is 6.08. The Kier molecular flexibility index (Phi) is 6.08. The summed E-state index contributed by atoms with van der Waals surface area (Å²) >= 11 is 0. The molecule has 1 rings (SSSR count). The Balaban J connectivity index is 2.39. The Morgan fingerprint density at radius 2 is 2.05 bits per heavy atom. The molecule has 20 heavy (non-hydrogen) atoms. The molecule has 1 amide bonds. The minimum atomic E-state index is -0.476. The van der Waals surface area contributed by atoms with Crippen molar-refractivity contribution in [2.45, 2.75) is 39.3 Å². The molecule has 0 unspecified atom stereocenters. The number of hydrogen-bond acceptors (Lipinski definition) is 3. The largest absolute Gasteiger partial charge is 0.444 e. The predicted molar refractivity (Wildman–Crippen MR) is 80.1 cm³/mol. The number of ether oxygens (including phenoxy) is 1. The van der Waals surface area contributed by atoms with Gasteiger partial charge in [0, 0.05) is 25.1 Å². The van der Waals surface area contributed by atoms with E-state index in [4.69, 9.17) is 10.5 Å². The molecule has 0 saturated carbocycles. The molecule has 3 N–H and O–H groups in total. The van der Waals surface area contributed by atoms with Crippen molar-refractivity contribution < 1.29 is 9.53 Å². The normalized spacial score (nSPS) is 10.4. The summed E-state index contributed by atoms with van der Waals surface area (Å²) in [7, 11) is 0. The van der Waals surface area contributed by atoms with Crippen LogP contribution in [0.25, 0.3) is 0 Å². The number of nitrogens with two attached hydrogens (primary N) is 1. The molecule has 0 radical (unpaired) electrons. The van der Waals surface area contributed by atoms with Crippen LogP contribution in [0.3, 0.4) is 0 Å². The van der Waals surface area contributed by atoms with Crippen LogP contribution in [-0.4, -0.2) is 18.2 Å². The van der Waals surface area contributed by atoms with E-state index in [0.717, 1.165) is 11.1 Å². The summed E-state index contributed by atoms with van der Waals surface area (Å²) in [6.07, 6.45) is 0.152. The molecule has 0 aliphatic rings. The first-order chi connectivity index (χ1) is 9.42. The zero-order valence-corrected chi connectivity index (χ0v) is 12.3. The monoisotopic (exact) mass is 274 g/mol. The van der Waals surface area contributed by atoms with Gasteiger partial charge < -0.3 is 15.8 Å². The lowest BCUT2D eigenvalue weighted by molar-refractivity contribution is 0.0529. The van der Waals surface area contributed by atoms with Gasteiger partial charge in [-0.15, -0.1) is 0 Å². The van der Waals surface area contributed by atoms with E-state index in [2.05, 4.69) is 17.2 Å². The highest BCUT2D eigenvalue weighted by molar-refractivity contribution is 5.67. The number of amides is 1. The van der Waals surface area contributed by atoms with Gasteiger partial charge in [-0.25, -0.2) is 4.79 Å². The first-order valence-electron chi connectivity index (χ1n) is 6.66. The molecule has 1 aromatic rings. The van der Waals surface area contributed by atoms with E-state index >= 15 is 0 Å². The number of nitrogens with one attached hydrogen (secondary N) is 1. The van der Waals surface area contributed by atoms with Gasteiger partial charge in [-0.2, -0.15) is 0 Å². The third-order valence-electron chi connectivity index (χ3n) is 2.38. The Morgan fingerprint density at radius 3 is 2.70 bits per heavy atom. The Bertz CT molecular complexity index is 507. The van der Waals surface area contributed by atoms with E-state index in [1.807, 2.05) is 45.0 Å². The number of hydrogen-bond donors (Lipinski definition) is 2. The molecule has 4 nitrogen and oxygen atoms in total. The van der Waals surface area contributed by atoms with E-state index in [1.165, 1.54) is 0 Å². The molecular formula is C16H22N2O2. The average Bonchev–Trinajstić information content (AvgIpc) is 2.36. The Hall–Kier alpha value is -1.99. The smallest absolute Gasteiger partial charge is 0.407 e. The van der Waals surface area contributed by atoms with Gasteiger partial charge in [0.05, 0.1) is 0 Å². The van der Waals surface area contributed by atoms with Crippen LogP contribution in [0, 0.1) is 11.8 Å². The lowest BCUT2D eigenvalue weighted by Crippen LogP contribution is -2.32. The van der Waals surface area contributed by atoms with Crippen molar-refractivity contribution in [1.82, 2.24) is 5.32 Å². The highest BCUT2D eigenvalue weighted by atomic mass is 16.6. The maximum atomic E-state index is 11.4. The second kappa shape index (κ2) is 7.56. The molecular weight excluding hydrogens is 252 g/mol. The fraction of sp³-hybridized carbons (Fsp3) is 0.438. The molecule has 108 valence electrons. The summed E-state index contributed by atoms with van der Waals surface area (Å²) in [4.78, 5) is 11.4. The first kappa shape index (κ1) is 16.1. The summed E-state index contributed by atoms with van der Waals surface area (Å²) in [5, 5.41) is 2.67. The van der Waals surface area contributed by atoms with Gasteiger partial charge in [-0.1, -0.05) is 30.0 Å². The second-order valence-electron chi connectivity index (χ2n) is 5.34. The van der Waals surface area contributed by atoms with Crippen LogP contribution in [0.2, 0.25) is 0 Å². The molecule has 0 aliphatic heterocycles. The van der Waals surface area contributed by atoms with Gasteiger partial charge in [-0.3, -0.25) is 0 Å². The Morgan fingerprint density at radius 1 is 1.35 bits per heavy atom. The third kappa shape index (κ3) is 6.26. The van der Waals surface area contributed by atoms with Gasteiger partial charge in [0.2, 0.25) is 0 Å². The van der Waals surface area contributed by atoms with Gasteiger partial charge in [0.1, 0.15) is 5.60 Å². The van der Waals surface area contributed by atoms with E-state index < -0.39 is 11.7 Å². The minimum absolute atomic E-state index is 0.415. The quantitative estimate of drug-likeness (QED) is 0.657. The van der Waals surface area contributed by atoms with Crippen LogP contribution < -0.4 is 11.1 Å². The summed E-state index contributed by atoms with van der Waals surface area (Å²) in [6.45, 7) is 6.43. The lowest BCUT2D eigenvalue weighted by Gasteiger charge is -2.19. The van der Waals surface area contributed by atoms with Crippen molar-refractivity contribution in [2.24, 2.45) is 5.73 Å². The van der Waals surface area contributed by atoms with E-state index in [-0.39, 0.29) is 0 Å². The predicted octanol–water partition coefficient (Wildman–Crippen LogP) is 2.41.